The second-order valence-electron chi connectivity index (χ2n) is 6.77. The fourth-order valence-corrected chi connectivity index (χ4v) is 3.92. The van der Waals surface area contributed by atoms with Crippen LogP contribution < -0.4 is 19.5 Å². The number of anilines is 2. The number of hydrogen-bond donors (Lipinski definition) is 2. The molecule has 3 rings (SSSR count). The summed E-state index contributed by atoms with van der Waals surface area (Å²) in [7, 11) is -0.829. The quantitative estimate of drug-likeness (QED) is 0.526. The molecule has 0 spiro atoms. The monoisotopic (exact) mass is 457 g/mol. The van der Waals surface area contributed by atoms with Crippen molar-refractivity contribution in [1.82, 2.24) is 5.16 Å². The topological polar surface area (TPSA) is 120 Å². The van der Waals surface area contributed by atoms with Crippen molar-refractivity contribution in [2.75, 3.05) is 24.3 Å². The van der Waals surface area contributed by atoms with Crippen LogP contribution in [0.1, 0.15) is 23.9 Å². The lowest BCUT2D eigenvalue weighted by Crippen LogP contribution is -2.13. The molecule has 0 saturated carbocycles. The fraction of sp³-hybridized carbons (Fsp3) is 0.182. The van der Waals surface area contributed by atoms with Crippen LogP contribution in [0.3, 0.4) is 0 Å². The van der Waals surface area contributed by atoms with Crippen LogP contribution in [-0.4, -0.2) is 33.7 Å². The molecule has 1 aromatic heterocycles. The number of sulfonamides is 1. The Morgan fingerprint density at radius 2 is 1.72 bits per heavy atom. The van der Waals surface area contributed by atoms with E-state index in [0.29, 0.717) is 34.3 Å². The van der Waals surface area contributed by atoms with E-state index in [9.17, 15) is 13.2 Å². The van der Waals surface area contributed by atoms with Crippen molar-refractivity contribution in [3.63, 3.8) is 0 Å². The van der Waals surface area contributed by atoms with Crippen molar-refractivity contribution in [3.8, 4) is 11.5 Å². The highest BCUT2D eigenvalue weighted by Gasteiger charge is 2.16. The molecule has 32 heavy (non-hydrogen) atoms. The first-order valence-electron chi connectivity index (χ1n) is 9.50. The number of hydrogen-bond acceptors (Lipinski definition) is 7. The molecule has 10 heteroatoms. The van der Waals surface area contributed by atoms with Gasteiger partial charge in [0.25, 0.3) is 10.0 Å². The molecular weight excluding hydrogens is 434 g/mol. The minimum atomic E-state index is -3.81. The molecule has 0 radical (unpaired) electrons. The van der Waals surface area contributed by atoms with Gasteiger partial charge in [-0.1, -0.05) is 23.4 Å². The summed E-state index contributed by atoms with van der Waals surface area (Å²) in [5, 5.41) is 6.52. The van der Waals surface area contributed by atoms with Crippen LogP contribution >= 0.6 is 0 Å². The molecule has 2 aromatic carbocycles. The van der Waals surface area contributed by atoms with E-state index in [1.807, 2.05) is 0 Å². The molecule has 0 atom stereocenters. The smallest absolute Gasteiger partial charge is 0.261 e. The number of aryl methyl sites for hydroxylation is 1. The van der Waals surface area contributed by atoms with Crippen LogP contribution in [0.5, 0.6) is 11.5 Å². The normalized spacial score (nSPS) is 11.4. The second-order valence-corrected chi connectivity index (χ2v) is 8.45. The molecular formula is C22H23N3O6S. The third kappa shape index (κ3) is 5.27. The van der Waals surface area contributed by atoms with Gasteiger partial charge in [0, 0.05) is 13.0 Å². The number of aromatic nitrogens is 1. The van der Waals surface area contributed by atoms with Crippen molar-refractivity contribution in [2.24, 2.45) is 0 Å². The first-order chi connectivity index (χ1) is 15.2. The molecule has 0 unspecified atom stereocenters. The largest absolute Gasteiger partial charge is 0.493 e. The number of benzene rings is 2. The van der Waals surface area contributed by atoms with Gasteiger partial charge in [-0.3, -0.25) is 9.52 Å². The van der Waals surface area contributed by atoms with Gasteiger partial charge in [-0.2, -0.15) is 0 Å². The number of rotatable bonds is 8. The Labute approximate surface area is 186 Å². The maximum atomic E-state index is 12.7. The summed E-state index contributed by atoms with van der Waals surface area (Å²) in [5.74, 6) is 1.07. The number of amides is 1. The van der Waals surface area contributed by atoms with Gasteiger partial charge in [-0.25, -0.2) is 8.42 Å². The van der Waals surface area contributed by atoms with E-state index in [4.69, 9.17) is 14.0 Å². The predicted molar refractivity (Wildman–Crippen MR) is 121 cm³/mol. The third-order valence-corrected chi connectivity index (χ3v) is 5.84. The van der Waals surface area contributed by atoms with Gasteiger partial charge >= 0.3 is 0 Å². The van der Waals surface area contributed by atoms with Gasteiger partial charge in [0.15, 0.2) is 17.3 Å². The van der Waals surface area contributed by atoms with E-state index in [2.05, 4.69) is 15.2 Å². The first-order valence-corrected chi connectivity index (χ1v) is 11.0. The van der Waals surface area contributed by atoms with Crippen molar-refractivity contribution in [1.29, 1.82) is 0 Å². The Bertz CT molecular complexity index is 1250. The zero-order valence-electron chi connectivity index (χ0n) is 18.0. The van der Waals surface area contributed by atoms with Crippen molar-refractivity contribution in [2.45, 2.75) is 18.7 Å². The average Bonchev–Trinajstić information content (AvgIpc) is 3.11. The zero-order chi connectivity index (χ0) is 23.3. The molecule has 0 aliphatic rings. The number of ether oxygens (including phenoxy) is 2. The summed E-state index contributed by atoms with van der Waals surface area (Å²) in [6, 6.07) is 11.0. The fourth-order valence-electron chi connectivity index (χ4n) is 2.87. The number of carbonyl (C=O) groups excluding carboxylic acids is 1. The molecule has 0 bridgehead atoms. The Kier molecular flexibility index (Phi) is 6.84. The van der Waals surface area contributed by atoms with Gasteiger partial charge in [0.1, 0.15) is 11.4 Å². The minimum Gasteiger partial charge on any atom is -0.493 e. The maximum absolute atomic E-state index is 12.7. The van der Waals surface area contributed by atoms with Crippen molar-refractivity contribution in [3.05, 3.63) is 59.5 Å². The maximum Gasteiger partial charge on any atom is 0.261 e. The Hall–Kier alpha value is -3.79. The van der Waals surface area contributed by atoms with E-state index < -0.39 is 10.0 Å². The van der Waals surface area contributed by atoms with Gasteiger partial charge in [-0.05, 0) is 42.8 Å². The summed E-state index contributed by atoms with van der Waals surface area (Å²) < 4.78 is 43.6. The van der Waals surface area contributed by atoms with E-state index >= 15 is 0 Å². The molecule has 0 saturated heterocycles. The summed E-state index contributed by atoms with van der Waals surface area (Å²) >= 11 is 0. The molecule has 0 fully saturated rings. The number of methoxy groups -OCH3 is 2. The first kappa shape index (κ1) is 22.9. The van der Waals surface area contributed by atoms with Crippen LogP contribution in [0.2, 0.25) is 0 Å². The summed E-state index contributed by atoms with van der Waals surface area (Å²) in [6.45, 7) is 3.12. The van der Waals surface area contributed by atoms with Crippen LogP contribution in [0.4, 0.5) is 11.4 Å². The zero-order valence-corrected chi connectivity index (χ0v) is 18.8. The molecule has 168 valence electrons. The second kappa shape index (κ2) is 9.56. The lowest BCUT2D eigenvalue weighted by molar-refractivity contribution is -0.114. The summed E-state index contributed by atoms with van der Waals surface area (Å²) in [5.41, 5.74) is 2.13. The SMILES string of the molecule is COc1ccc(NS(=O)(=O)c2ccc(/C=C\c3onc(C)c3NC(C)=O)cc2)cc1OC. The number of nitrogens with one attached hydrogen (secondary N) is 2. The number of nitrogens with zero attached hydrogens (tertiary/aromatic N) is 1. The van der Waals surface area contributed by atoms with Gasteiger partial charge in [0.05, 0.1) is 24.8 Å². The van der Waals surface area contributed by atoms with E-state index in [1.54, 1.807) is 49.4 Å². The van der Waals surface area contributed by atoms with Crippen molar-refractivity contribution < 1.29 is 27.2 Å². The lowest BCUT2D eigenvalue weighted by Gasteiger charge is -2.12. The summed E-state index contributed by atoms with van der Waals surface area (Å²) in [4.78, 5) is 11.4. The molecule has 1 heterocycles. The Morgan fingerprint density at radius 3 is 2.34 bits per heavy atom. The van der Waals surface area contributed by atoms with Crippen molar-refractivity contribution >= 4 is 39.5 Å². The predicted octanol–water partition coefficient (Wildman–Crippen LogP) is 3.93. The molecule has 0 aliphatic heterocycles. The summed E-state index contributed by atoms with van der Waals surface area (Å²) in [6.07, 6.45) is 3.38. The molecule has 1 amide bonds. The average molecular weight is 458 g/mol. The Balaban J connectivity index is 1.76. The van der Waals surface area contributed by atoms with Crippen LogP contribution in [-0.2, 0) is 14.8 Å². The lowest BCUT2D eigenvalue weighted by atomic mass is 10.2. The van der Waals surface area contributed by atoms with Crippen LogP contribution in [0.15, 0.2) is 51.9 Å². The van der Waals surface area contributed by atoms with E-state index in [-0.39, 0.29) is 10.8 Å². The Morgan fingerprint density at radius 1 is 1.03 bits per heavy atom. The number of carbonyl (C=O) groups is 1. The molecule has 0 aliphatic carbocycles. The van der Waals surface area contributed by atoms with Crippen LogP contribution in [0, 0.1) is 6.92 Å². The molecule has 2 N–H and O–H groups in total. The minimum absolute atomic E-state index is 0.0962. The van der Waals surface area contributed by atoms with Gasteiger partial charge in [-0.15, -0.1) is 0 Å². The van der Waals surface area contributed by atoms with Gasteiger partial charge in [0.2, 0.25) is 5.91 Å². The third-order valence-electron chi connectivity index (χ3n) is 4.44. The highest BCUT2D eigenvalue weighted by Crippen LogP contribution is 2.31. The molecule has 9 nitrogen and oxygen atoms in total. The van der Waals surface area contributed by atoms with E-state index in [1.165, 1.54) is 33.3 Å². The standard InChI is InChI=1S/C22H23N3O6S/c1-14-22(23-15(2)26)20(31-24-14)11-7-16-5-9-18(10-6-16)32(27,28)25-17-8-12-19(29-3)21(13-17)30-4/h5-13,25H,1-4H3,(H,23,26)/b11-7-. The highest BCUT2D eigenvalue weighted by molar-refractivity contribution is 7.92. The molecule has 3 aromatic rings. The highest BCUT2D eigenvalue weighted by atomic mass is 32.2. The van der Waals surface area contributed by atoms with Crippen LogP contribution in [0.25, 0.3) is 12.2 Å². The van der Waals surface area contributed by atoms with Gasteiger partial charge < -0.3 is 19.3 Å². The van der Waals surface area contributed by atoms with E-state index in [0.717, 1.165) is 5.56 Å².